The van der Waals surface area contributed by atoms with Crippen LogP contribution >= 0.6 is 0 Å². The molecule has 0 aliphatic heterocycles. The van der Waals surface area contributed by atoms with E-state index in [9.17, 15) is 18.0 Å². The second-order valence-corrected chi connectivity index (χ2v) is 10.6. The summed E-state index contributed by atoms with van der Waals surface area (Å²) in [6, 6.07) is 14.7. The first kappa shape index (κ1) is 29.9. The highest BCUT2D eigenvalue weighted by Crippen LogP contribution is 2.43. The molecule has 0 radical (unpaired) electrons. The van der Waals surface area contributed by atoms with Crippen LogP contribution in [0.4, 0.5) is 13.2 Å². The number of esters is 1. The number of alkyl halides is 3. The number of ether oxygens (including phenoxy) is 2. The first-order chi connectivity index (χ1) is 18.5. The van der Waals surface area contributed by atoms with Crippen molar-refractivity contribution in [2.75, 3.05) is 7.11 Å². The molecule has 0 amide bonds. The lowest BCUT2D eigenvalue weighted by molar-refractivity contribution is -0.278. The summed E-state index contributed by atoms with van der Waals surface area (Å²) in [5.74, 6) is 14.7. The zero-order valence-electron chi connectivity index (χ0n) is 22.7. The van der Waals surface area contributed by atoms with Crippen molar-refractivity contribution < 1.29 is 27.4 Å². The van der Waals surface area contributed by atoms with Gasteiger partial charge >= 0.3 is 12.1 Å². The van der Waals surface area contributed by atoms with Crippen LogP contribution in [0.5, 0.6) is 0 Å². The van der Waals surface area contributed by atoms with Gasteiger partial charge in [0.05, 0.1) is 0 Å². The van der Waals surface area contributed by atoms with Crippen LogP contribution in [0.15, 0.2) is 54.6 Å². The maximum absolute atomic E-state index is 14.3. The summed E-state index contributed by atoms with van der Waals surface area (Å²) in [6.07, 6.45) is -1.91. The number of carbonyl (C=O) groups excluding carboxylic acids is 1. The summed E-state index contributed by atoms with van der Waals surface area (Å²) < 4.78 is 53.3. The lowest BCUT2D eigenvalue weighted by Gasteiger charge is -2.34. The Morgan fingerprint density at radius 1 is 0.846 bits per heavy atom. The van der Waals surface area contributed by atoms with Crippen LogP contribution < -0.4 is 0 Å². The van der Waals surface area contributed by atoms with Gasteiger partial charge in [0, 0.05) is 24.2 Å². The molecule has 0 unspecified atom stereocenters. The van der Waals surface area contributed by atoms with Crippen LogP contribution in [0.3, 0.4) is 0 Å². The summed E-state index contributed by atoms with van der Waals surface area (Å²) >= 11 is 0. The Labute approximate surface area is 229 Å². The van der Waals surface area contributed by atoms with Crippen LogP contribution in [-0.4, -0.2) is 25.4 Å². The minimum Gasteiger partial charge on any atom is -0.446 e. The van der Waals surface area contributed by atoms with Crippen molar-refractivity contribution in [2.24, 2.45) is 5.92 Å². The Hall–Kier alpha value is -3.66. The Morgan fingerprint density at radius 2 is 1.46 bits per heavy atom. The summed E-state index contributed by atoms with van der Waals surface area (Å²) in [5.41, 5.74) is -1.57. The van der Waals surface area contributed by atoms with E-state index < -0.39 is 23.9 Å². The van der Waals surface area contributed by atoms with Crippen LogP contribution in [0.25, 0.3) is 0 Å². The number of carbonyl (C=O) groups is 1. The van der Waals surface area contributed by atoms with Crippen molar-refractivity contribution in [3.05, 3.63) is 71.3 Å². The molecule has 0 saturated heterocycles. The topological polar surface area (TPSA) is 35.5 Å². The first-order valence-corrected chi connectivity index (χ1v) is 13.0. The lowest BCUT2D eigenvalue weighted by Crippen LogP contribution is -2.53. The van der Waals surface area contributed by atoms with Gasteiger partial charge in [-0.1, -0.05) is 88.4 Å². The molecular formula is C33H33F3O3. The average molecular weight is 535 g/mol. The van der Waals surface area contributed by atoms with Crippen molar-refractivity contribution in [3.63, 3.8) is 0 Å². The number of methoxy groups -OCH3 is 1. The highest BCUT2D eigenvalue weighted by atomic mass is 19.4. The Balaban J connectivity index is 1.83. The monoisotopic (exact) mass is 534 g/mol. The molecule has 39 heavy (non-hydrogen) atoms. The van der Waals surface area contributed by atoms with E-state index in [0.29, 0.717) is 12.8 Å². The molecule has 3 nitrogen and oxygen atoms in total. The van der Waals surface area contributed by atoms with Crippen molar-refractivity contribution >= 4 is 5.97 Å². The summed E-state index contributed by atoms with van der Waals surface area (Å²) in [7, 11) is 0.851. The van der Waals surface area contributed by atoms with E-state index in [-0.39, 0.29) is 16.9 Å². The molecule has 1 aliphatic carbocycles. The molecule has 0 spiro atoms. The Morgan fingerprint density at radius 3 is 2.03 bits per heavy atom. The van der Waals surface area contributed by atoms with Crippen molar-refractivity contribution in [3.8, 4) is 35.5 Å². The second kappa shape index (κ2) is 12.9. The maximum Gasteiger partial charge on any atom is 0.432 e. The molecule has 1 saturated carbocycles. The normalized spacial score (nSPS) is 16.2. The standard InChI is InChI=1S/C33H33F3O3/c1-31(2,3)27-23-21-25(22-24-27)15-9-5-6-14-20-29(26-16-10-7-11-17-26)39-30(37)32(38-4,33(34,35)36)28-18-12-8-13-19-28/h8,12-13,18-19,21-24,26,29H,7,10-11,16-17H2,1-4H3/t29-,32+/m1/s1. The predicted octanol–water partition coefficient (Wildman–Crippen LogP) is 6.94. The highest BCUT2D eigenvalue weighted by molar-refractivity contribution is 5.83. The average Bonchev–Trinajstić information content (AvgIpc) is 2.90. The Kier molecular flexibility index (Phi) is 9.91. The predicted molar refractivity (Wildman–Crippen MR) is 145 cm³/mol. The van der Waals surface area contributed by atoms with E-state index >= 15 is 0 Å². The lowest BCUT2D eigenvalue weighted by atomic mass is 9.85. The number of hydrogen-bond donors (Lipinski definition) is 0. The molecular weight excluding hydrogens is 501 g/mol. The molecule has 3 rings (SSSR count). The van der Waals surface area contributed by atoms with E-state index in [2.05, 4.69) is 56.3 Å². The third-order valence-corrected chi connectivity index (χ3v) is 6.84. The smallest absolute Gasteiger partial charge is 0.432 e. The van der Waals surface area contributed by atoms with Gasteiger partial charge in [-0.05, 0) is 65.6 Å². The summed E-state index contributed by atoms with van der Waals surface area (Å²) in [6.45, 7) is 6.40. The molecule has 1 aliphatic rings. The number of rotatable bonds is 5. The fourth-order valence-electron chi connectivity index (χ4n) is 4.59. The van der Waals surface area contributed by atoms with Gasteiger partial charge in [0.25, 0.3) is 5.60 Å². The third-order valence-electron chi connectivity index (χ3n) is 6.84. The quantitative estimate of drug-likeness (QED) is 0.308. The first-order valence-electron chi connectivity index (χ1n) is 13.0. The summed E-state index contributed by atoms with van der Waals surface area (Å²) in [4.78, 5) is 13.2. The fraction of sp³-hybridized carbons (Fsp3) is 0.424. The van der Waals surface area contributed by atoms with Gasteiger partial charge < -0.3 is 9.47 Å². The maximum atomic E-state index is 14.3. The van der Waals surface area contributed by atoms with Gasteiger partial charge in [-0.25, -0.2) is 4.79 Å². The minimum atomic E-state index is -5.05. The Bertz CT molecular complexity index is 1300. The molecule has 0 aromatic heterocycles. The van der Waals surface area contributed by atoms with Gasteiger partial charge in [-0.2, -0.15) is 13.2 Å². The van der Waals surface area contributed by atoms with Crippen LogP contribution in [0.1, 0.15) is 69.6 Å². The molecule has 0 N–H and O–H groups in total. The van der Waals surface area contributed by atoms with Gasteiger partial charge in [-0.15, -0.1) is 0 Å². The van der Waals surface area contributed by atoms with E-state index in [0.717, 1.165) is 31.9 Å². The SMILES string of the molecule is CO[C@](C(=O)O[C@H](C#CC#CC#Cc1ccc(C(C)(C)C)cc1)C1CCCCC1)(c1ccccc1)C(F)(F)F. The van der Waals surface area contributed by atoms with E-state index in [1.54, 1.807) is 6.07 Å². The number of benzene rings is 2. The minimum absolute atomic E-state index is 0.0454. The van der Waals surface area contributed by atoms with Gasteiger partial charge in [-0.3, -0.25) is 0 Å². The van der Waals surface area contributed by atoms with E-state index in [1.165, 1.54) is 29.8 Å². The molecule has 2 aromatic carbocycles. The van der Waals surface area contributed by atoms with E-state index in [4.69, 9.17) is 9.47 Å². The molecule has 2 atom stereocenters. The molecule has 0 heterocycles. The van der Waals surface area contributed by atoms with Crippen LogP contribution in [0, 0.1) is 41.4 Å². The molecule has 204 valence electrons. The third kappa shape index (κ3) is 7.47. The van der Waals surface area contributed by atoms with E-state index in [1.807, 2.05) is 24.3 Å². The molecule has 0 bridgehead atoms. The number of hydrogen-bond acceptors (Lipinski definition) is 3. The van der Waals surface area contributed by atoms with Gasteiger partial charge in [0.15, 0.2) is 6.10 Å². The zero-order valence-corrected chi connectivity index (χ0v) is 22.7. The van der Waals surface area contributed by atoms with Gasteiger partial charge in [0.2, 0.25) is 0 Å². The van der Waals surface area contributed by atoms with Crippen molar-refractivity contribution in [2.45, 2.75) is 76.2 Å². The van der Waals surface area contributed by atoms with Crippen LogP contribution in [0.2, 0.25) is 0 Å². The molecule has 2 aromatic rings. The summed E-state index contributed by atoms with van der Waals surface area (Å²) in [5, 5.41) is 0. The van der Waals surface area contributed by atoms with Gasteiger partial charge in [0.1, 0.15) is 0 Å². The largest absolute Gasteiger partial charge is 0.446 e. The molecule has 6 heteroatoms. The zero-order chi connectivity index (χ0) is 28.5. The number of halogens is 3. The van der Waals surface area contributed by atoms with Crippen molar-refractivity contribution in [1.29, 1.82) is 0 Å². The molecule has 1 fully saturated rings. The van der Waals surface area contributed by atoms with Crippen LogP contribution in [-0.2, 0) is 25.3 Å². The highest BCUT2D eigenvalue weighted by Gasteiger charge is 2.64. The van der Waals surface area contributed by atoms with Crippen molar-refractivity contribution in [1.82, 2.24) is 0 Å². The second-order valence-electron chi connectivity index (χ2n) is 10.6. The fourth-order valence-corrected chi connectivity index (χ4v) is 4.59.